The van der Waals surface area contributed by atoms with Crippen molar-refractivity contribution in [1.29, 1.82) is 0 Å². The van der Waals surface area contributed by atoms with Crippen molar-refractivity contribution in [1.82, 2.24) is 0 Å². The quantitative estimate of drug-likeness (QED) is 0.245. The van der Waals surface area contributed by atoms with Gasteiger partial charge in [0, 0.05) is 6.07 Å². The molecule has 4 aliphatic rings. The average Bonchev–Trinajstić information content (AvgIpc) is 3.48. The first kappa shape index (κ1) is 21.4. The van der Waals surface area contributed by atoms with E-state index in [2.05, 4.69) is 125 Å². The van der Waals surface area contributed by atoms with Crippen molar-refractivity contribution in [3.8, 4) is 34.3 Å². The third-order valence-electron chi connectivity index (χ3n) is 8.30. The number of ether oxygens (including phenoxy) is 2. The van der Waals surface area contributed by atoms with Crippen LogP contribution in [0.2, 0.25) is 0 Å². The molecule has 0 saturated heterocycles. The van der Waals surface area contributed by atoms with Crippen molar-refractivity contribution in [3.05, 3.63) is 132 Å². The fourth-order valence-electron chi connectivity index (χ4n) is 6.73. The van der Waals surface area contributed by atoms with Gasteiger partial charge in [-0.2, -0.15) is 0 Å². The molecule has 4 aromatic carbocycles. The number of thioether (sulfide) groups is 1. The van der Waals surface area contributed by atoms with Crippen LogP contribution in [-0.4, -0.2) is 22.1 Å². The zero-order valence-corrected chi connectivity index (χ0v) is 21.9. The van der Waals surface area contributed by atoms with Crippen LogP contribution in [0.3, 0.4) is 0 Å². The largest absolute Gasteiger partial charge is 0.456 e. The van der Waals surface area contributed by atoms with E-state index < -0.39 is 5.54 Å². The molecule has 6 heteroatoms. The third-order valence-corrected chi connectivity index (χ3v) is 9.78. The second kappa shape index (κ2) is 7.52. The summed E-state index contributed by atoms with van der Waals surface area (Å²) in [5.74, 6) is 3.43. The predicted molar refractivity (Wildman–Crippen MR) is 152 cm³/mol. The molecule has 1 spiro atoms. The minimum absolute atomic E-state index is 0.0290. The molecule has 0 bridgehead atoms. The summed E-state index contributed by atoms with van der Waals surface area (Å²) in [4.78, 5) is 0. The molecule has 39 heavy (non-hydrogen) atoms. The van der Waals surface area contributed by atoms with Crippen LogP contribution in [0.4, 0.5) is 5.69 Å². The number of nitrogens with zero attached hydrogens (tertiary/aromatic N) is 3. The Hall–Kier alpha value is -4.55. The van der Waals surface area contributed by atoms with Gasteiger partial charge < -0.3 is 9.47 Å². The van der Waals surface area contributed by atoms with Crippen LogP contribution in [0, 0.1) is 0 Å². The van der Waals surface area contributed by atoms with Crippen molar-refractivity contribution in [2.24, 2.45) is 0 Å². The maximum Gasteiger partial charge on any atom is 0.374 e. The Morgan fingerprint density at radius 1 is 0.667 bits per heavy atom. The monoisotopic (exact) mass is 525 g/mol. The SMILES string of the molecule is C[N+]1=C(c2ccc(-c3ccccc3)cc2)SC2N1c1cccc3c1C21c2c(cccc2Oc2cccc[n+]21)O3. The molecule has 0 saturated carbocycles. The van der Waals surface area contributed by atoms with Crippen LogP contribution in [0.25, 0.3) is 11.1 Å². The number of pyridine rings is 1. The summed E-state index contributed by atoms with van der Waals surface area (Å²) < 4.78 is 17.6. The van der Waals surface area contributed by atoms with E-state index in [4.69, 9.17) is 9.47 Å². The van der Waals surface area contributed by atoms with Crippen molar-refractivity contribution in [2.75, 3.05) is 12.1 Å². The van der Waals surface area contributed by atoms with Gasteiger partial charge in [0.25, 0.3) is 10.6 Å². The topological polar surface area (TPSA) is 28.6 Å². The summed E-state index contributed by atoms with van der Waals surface area (Å²) in [6.07, 6.45) is 2.15. The molecular weight excluding hydrogens is 502 g/mol. The van der Waals surface area contributed by atoms with Crippen LogP contribution in [0.1, 0.15) is 16.7 Å². The van der Waals surface area contributed by atoms with Crippen LogP contribution in [-0.2, 0) is 5.54 Å². The van der Waals surface area contributed by atoms with E-state index in [0.29, 0.717) is 0 Å². The molecule has 5 heterocycles. The third kappa shape index (κ3) is 2.62. The van der Waals surface area contributed by atoms with Gasteiger partial charge in [-0.05, 0) is 65.4 Å². The van der Waals surface area contributed by atoms with E-state index in [-0.39, 0.29) is 5.37 Å². The molecule has 9 rings (SSSR count). The Morgan fingerprint density at radius 3 is 2.15 bits per heavy atom. The van der Waals surface area contributed by atoms with E-state index >= 15 is 0 Å². The molecule has 4 aliphatic heterocycles. The maximum absolute atomic E-state index is 6.54. The van der Waals surface area contributed by atoms with Crippen LogP contribution in [0.15, 0.2) is 115 Å². The van der Waals surface area contributed by atoms with Crippen molar-refractivity contribution in [3.63, 3.8) is 0 Å². The summed E-state index contributed by atoms with van der Waals surface area (Å²) >= 11 is 1.91. The lowest BCUT2D eigenvalue weighted by Gasteiger charge is -2.37. The highest BCUT2D eigenvalue weighted by Gasteiger charge is 2.73. The standard InChI is InChI=1S/C33H23N3O2S/c1-34-31(23-18-16-22(17-19-23)21-9-3-2-4-10-21)39-32-33-29-24(36(32)34)11-7-12-25(29)37-26-13-8-14-27(30(26)33)38-28-15-5-6-20-35(28)33/h2-20,32H,1H3/q+2. The van der Waals surface area contributed by atoms with Crippen molar-refractivity contribution >= 4 is 22.5 Å². The lowest BCUT2D eigenvalue weighted by molar-refractivity contribution is -0.751. The molecule has 0 N–H and O–H groups in total. The highest BCUT2D eigenvalue weighted by atomic mass is 32.2. The van der Waals surface area contributed by atoms with Crippen LogP contribution in [0.5, 0.6) is 23.1 Å². The van der Waals surface area contributed by atoms with E-state index in [1.807, 2.05) is 23.9 Å². The summed E-state index contributed by atoms with van der Waals surface area (Å²) in [5, 5.41) is 3.69. The van der Waals surface area contributed by atoms with Gasteiger partial charge in [-0.3, -0.25) is 0 Å². The number of aromatic nitrogens is 1. The number of rotatable bonds is 2. The minimum Gasteiger partial charge on any atom is -0.456 e. The molecule has 2 unspecified atom stereocenters. The second-order valence-corrected chi connectivity index (χ2v) is 11.3. The fourth-order valence-corrected chi connectivity index (χ4v) is 8.33. The number of hydrogen-bond acceptors (Lipinski definition) is 4. The van der Waals surface area contributed by atoms with E-state index in [1.165, 1.54) is 27.3 Å². The van der Waals surface area contributed by atoms with Crippen molar-refractivity contribution in [2.45, 2.75) is 10.9 Å². The Kier molecular flexibility index (Phi) is 4.12. The first-order valence-electron chi connectivity index (χ1n) is 13.1. The Balaban J connectivity index is 1.26. The number of hydrogen-bond donors (Lipinski definition) is 0. The van der Waals surface area contributed by atoms with Gasteiger partial charge in [-0.25, -0.2) is 0 Å². The van der Waals surface area contributed by atoms with E-state index in [0.717, 1.165) is 34.4 Å². The zero-order chi connectivity index (χ0) is 25.7. The van der Waals surface area contributed by atoms with Gasteiger partial charge in [0.15, 0.2) is 13.2 Å². The van der Waals surface area contributed by atoms with E-state index in [1.54, 1.807) is 0 Å². The van der Waals surface area contributed by atoms with Gasteiger partial charge in [0.05, 0.1) is 11.6 Å². The minimum atomic E-state index is -0.518. The first-order valence-corrected chi connectivity index (χ1v) is 14.0. The smallest absolute Gasteiger partial charge is 0.374 e. The molecular formula is C33H23N3O2S+2. The number of fused-ring (bicyclic) bond motifs is 3. The summed E-state index contributed by atoms with van der Waals surface area (Å²) in [6.45, 7) is 0. The molecule has 186 valence electrons. The number of hydrazone groups is 1. The first-order chi connectivity index (χ1) is 19.2. The highest BCUT2D eigenvalue weighted by Crippen LogP contribution is 2.64. The van der Waals surface area contributed by atoms with Gasteiger partial charge >= 0.3 is 5.88 Å². The normalized spacial score (nSPS) is 20.9. The number of benzene rings is 4. The Morgan fingerprint density at radius 2 is 1.33 bits per heavy atom. The lowest BCUT2D eigenvalue weighted by Crippen LogP contribution is -2.66. The summed E-state index contributed by atoms with van der Waals surface area (Å²) in [7, 11) is 2.17. The molecule has 0 aliphatic carbocycles. The van der Waals surface area contributed by atoms with E-state index in [9.17, 15) is 0 Å². The van der Waals surface area contributed by atoms with Crippen molar-refractivity contribution < 1.29 is 18.7 Å². The second-order valence-electron chi connectivity index (χ2n) is 10.2. The Labute approximate surface area is 230 Å². The lowest BCUT2D eigenvalue weighted by atomic mass is 9.79. The maximum atomic E-state index is 6.54. The molecule has 0 amide bonds. The van der Waals surface area contributed by atoms with Gasteiger partial charge in [-0.1, -0.05) is 54.6 Å². The molecule has 0 fully saturated rings. The summed E-state index contributed by atoms with van der Waals surface area (Å²) in [6, 6.07) is 38.2. The predicted octanol–water partition coefficient (Wildman–Crippen LogP) is 6.54. The number of hydrazine groups is 1. The van der Waals surface area contributed by atoms with Gasteiger partial charge in [-0.15, -0.1) is 14.3 Å². The molecule has 5 nitrogen and oxygen atoms in total. The molecule has 1 aromatic heterocycles. The number of anilines is 1. The molecule has 5 aromatic rings. The fraction of sp³-hybridized carbons (Fsp3) is 0.0909. The van der Waals surface area contributed by atoms with Crippen LogP contribution < -0.4 is 19.0 Å². The van der Waals surface area contributed by atoms with Gasteiger partial charge in [0.1, 0.15) is 34.1 Å². The summed E-state index contributed by atoms with van der Waals surface area (Å²) in [5.41, 5.74) is 6.57. The Bertz CT molecular complexity index is 1850. The zero-order valence-electron chi connectivity index (χ0n) is 21.1. The van der Waals surface area contributed by atoms with Crippen LogP contribution >= 0.6 is 11.8 Å². The molecule has 0 radical (unpaired) electrons. The average molecular weight is 526 g/mol. The molecule has 2 atom stereocenters. The highest BCUT2D eigenvalue weighted by molar-refractivity contribution is 8.15. The van der Waals surface area contributed by atoms with Gasteiger partial charge in [0.2, 0.25) is 5.37 Å².